The summed E-state index contributed by atoms with van der Waals surface area (Å²) in [5, 5.41) is 0.444. The van der Waals surface area contributed by atoms with Gasteiger partial charge < -0.3 is 13.9 Å². The summed E-state index contributed by atoms with van der Waals surface area (Å²) in [6.45, 7) is 5.81. The Balaban J connectivity index is 1.83. The number of carbonyl (C=O) groups is 1. The standard InChI is InChI=1S/C27H24N2O5/c1-14-8-9-28-22(10-14)29-24(17-6-7-19(32-4)21(13-17)33-5)23-25(30)18-11-15(2)16(3)12-20(18)34-26(23)27(29)31/h6-13,24H,1-5H3/t24-/m1/s1. The van der Waals surface area contributed by atoms with E-state index in [0.717, 1.165) is 16.7 Å². The molecule has 1 aliphatic rings. The summed E-state index contributed by atoms with van der Waals surface area (Å²) in [4.78, 5) is 33.5. The van der Waals surface area contributed by atoms with Crippen LogP contribution < -0.4 is 19.8 Å². The van der Waals surface area contributed by atoms with Crippen molar-refractivity contribution in [2.24, 2.45) is 0 Å². The maximum Gasteiger partial charge on any atom is 0.296 e. The van der Waals surface area contributed by atoms with Gasteiger partial charge in [0.1, 0.15) is 11.4 Å². The predicted molar refractivity (Wildman–Crippen MR) is 129 cm³/mol. The molecule has 0 saturated carbocycles. The number of carbonyl (C=O) groups excluding carboxylic acids is 1. The molecule has 0 fully saturated rings. The highest BCUT2D eigenvalue weighted by Gasteiger charge is 2.44. The molecule has 5 rings (SSSR count). The first-order chi connectivity index (χ1) is 16.3. The van der Waals surface area contributed by atoms with Crippen LogP contribution in [0.5, 0.6) is 11.5 Å². The number of aromatic nitrogens is 1. The summed E-state index contributed by atoms with van der Waals surface area (Å²) in [6, 6.07) is 11.9. The topological polar surface area (TPSA) is 81.9 Å². The lowest BCUT2D eigenvalue weighted by molar-refractivity contribution is 0.0970. The highest BCUT2D eigenvalue weighted by atomic mass is 16.5. The molecular formula is C27H24N2O5. The third kappa shape index (κ3) is 3.23. The van der Waals surface area contributed by atoms with Crippen LogP contribution in [0.25, 0.3) is 11.0 Å². The second-order valence-electron chi connectivity index (χ2n) is 8.49. The van der Waals surface area contributed by atoms with Crippen LogP contribution in [0, 0.1) is 20.8 Å². The van der Waals surface area contributed by atoms with Gasteiger partial charge in [-0.2, -0.15) is 0 Å². The SMILES string of the molecule is COc1ccc([C@@H]2c3c(oc4cc(C)c(C)cc4c3=O)C(=O)N2c2cc(C)ccn2)cc1OC. The Morgan fingerprint density at radius 3 is 2.35 bits per heavy atom. The van der Waals surface area contributed by atoms with Gasteiger partial charge in [-0.25, -0.2) is 4.98 Å². The highest BCUT2D eigenvalue weighted by Crippen LogP contribution is 2.43. The van der Waals surface area contributed by atoms with Crippen LogP contribution in [-0.4, -0.2) is 25.1 Å². The molecule has 0 N–H and O–H groups in total. The van der Waals surface area contributed by atoms with E-state index in [1.165, 1.54) is 4.90 Å². The van der Waals surface area contributed by atoms with E-state index in [0.29, 0.717) is 33.8 Å². The van der Waals surface area contributed by atoms with Crippen molar-refractivity contribution in [2.75, 3.05) is 19.1 Å². The van der Waals surface area contributed by atoms with Crippen LogP contribution in [0.1, 0.15) is 44.4 Å². The summed E-state index contributed by atoms with van der Waals surface area (Å²) in [6.07, 6.45) is 1.64. The summed E-state index contributed by atoms with van der Waals surface area (Å²) in [5.74, 6) is 1.10. The van der Waals surface area contributed by atoms with E-state index in [4.69, 9.17) is 13.9 Å². The molecule has 4 aromatic rings. The molecule has 1 aliphatic heterocycles. The Bertz CT molecular complexity index is 1520. The minimum Gasteiger partial charge on any atom is -0.493 e. The molecule has 34 heavy (non-hydrogen) atoms. The van der Waals surface area contributed by atoms with Crippen molar-refractivity contribution in [3.05, 3.63) is 92.5 Å². The maximum absolute atomic E-state index is 13.8. The second kappa shape index (κ2) is 8.02. The molecule has 1 amide bonds. The molecular weight excluding hydrogens is 432 g/mol. The van der Waals surface area contributed by atoms with Crippen molar-refractivity contribution in [2.45, 2.75) is 26.8 Å². The minimum absolute atomic E-state index is 0.0313. The molecule has 172 valence electrons. The Hall–Kier alpha value is -4.13. The number of hydrogen-bond acceptors (Lipinski definition) is 6. The quantitative estimate of drug-likeness (QED) is 0.435. The van der Waals surface area contributed by atoms with Crippen molar-refractivity contribution in [3.63, 3.8) is 0 Å². The fraction of sp³-hybridized carbons (Fsp3) is 0.222. The van der Waals surface area contributed by atoms with Crippen LogP contribution in [0.4, 0.5) is 5.82 Å². The van der Waals surface area contributed by atoms with Crippen molar-refractivity contribution in [3.8, 4) is 11.5 Å². The number of ether oxygens (including phenoxy) is 2. The zero-order chi connectivity index (χ0) is 24.1. The van der Waals surface area contributed by atoms with Crippen LogP contribution in [-0.2, 0) is 0 Å². The molecule has 7 nitrogen and oxygen atoms in total. The third-order valence-electron chi connectivity index (χ3n) is 6.36. The normalized spacial score (nSPS) is 15.0. The van der Waals surface area contributed by atoms with Gasteiger partial charge >= 0.3 is 0 Å². The largest absolute Gasteiger partial charge is 0.493 e. The molecule has 3 heterocycles. The number of hydrogen-bond donors (Lipinski definition) is 0. The number of rotatable bonds is 4. The van der Waals surface area contributed by atoms with Gasteiger partial charge in [0, 0.05) is 6.20 Å². The lowest BCUT2D eigenvalue weighted by atomic mass is 9.97. The highest BCUT2D eigenvalue weighted by molar-refractivity contribution is 6.10. The van der Waals surface area contributed by atoms with E-state index in [9.17, 15) is 9.59 Å². The van der Waals surface area contributed by atoms with E-state index in [1.54, 1.807) is 38.6 Å². The maximum atomic E-state index is 13.8. The monoisotopic (exact) mass is 456 g/mol. The van der Waals surface area contributed by atoms with E-state index < -0.39 is 11.9 Å². The molecule has 0 radical (unpaired) electrons. The Morgan fingerprint density at radius 1 is 0.912 bits per heavy atom. The van der Waals surface area contributed by atoms with Gasteiger partial charge in [-0.15, -0.1) is 0 Å². The zero-order valence-electron chi connectivity index (χ0n) is 19.6. The fourth-order valence-electron chi connectivity index (χ4n) is 4.45. The average molecular weight is 456 g/mol. The van der Waals surface area contributed by atoms with Crippen molar-refractivity contribution >= 4 is 22.7 Å². The summed E-state index contributed by atoms with van der Waals surface area (Å²) in [7, 11) is 3.10. The molecule has 0 spiro atoms. The van der Waals surface area contributed by atoms with Crippen LogP contribution >= 0.6 is 0 Å². The average Bonchev–Trinajstić information content (AvgIpc) is 3.12. The van der Waals surface area contributed by atoms with Gasteiger partial charge in [-0.05, 0) is 79.4 Å². The predicted octanol–water partition coefficient (Wildman–Crippen LogP) is 4.88. The number of fused-ring (bicyclic) bond motifs is 2. The first-order valence-corrected chi connectivity index (χ1v) is 10.9. The van der Waals surface area contributed by atoms with Crippen LogP contribution in [0.3, 0.4) is 0 Å². The molecule has 0 saturated heterocycles. The van der Waals surface area contributed by atoms with Gasteiger partial charge in [0.05, 0.1) is 31.2 Å². The van der Waals surface area contributed by atoms with E-state index >= 15 is 0 Å². The van der Waals surface area contributed by atoms with Crippen molar-refractivity contribution < 1.29 is 18.7 Å². The Morgan fingerprint density at radius 2 is 1.65 bits per heavy atom. The summed E-state index contributed by atoms with van der Waals surface area (Å²) < 4.78 is 17.0. The molecule has 2 aromatic carbocycles. The smallest absolute Gasteiger partial charge is 0.296 e. The van der Waals surface area contributed by atoms with Gasteiger partial charge in [-0.1, -0.05) is 6.07 Å². The number of methoxy groups -OCH3 is 2. The number of nitrogens with zero attached hydrogens (tertiary/aromatic N) is 2. The first kappa shape index (κ1) is 21.7. The number of benzene rings is 2. The van der Waals surface area contributed by atoms with E-state index in [1.807, 2.05) is 45.0 Å². The first-order valence-electron chi connectivity index (χ1n) is 10.9. The lowest BCUT2D eigenvalue weighted by Crippen LogP contribution is -2.30. The molecule has 1 atom stereocenters. The van der Waals surface area contributed by atoms with Gasteiger partial charge in [0.25, 0.3) is 5.91 Å². The van der Waals surface area contributed by atoms with E-state index in [-0.39, 0.29) is 16.8 Å². The summed E-state index contributed by atoms with van der Waals surface area (Å²) in [5.41, 5.74) is 4.03. The minimum atomic E-state index is -0.737. The number of anilines is 1. The zero-order valence-corrected chi connectivity index (χ0v) is 19.6. The third-order valence-corrected chi connectivity index (χ3v) is 6.36. The van der Waals surface area contributed by atoms with E-state index in [2.05, 4.69) is 4.98 Å². The van der Waals surface area contributed by atoms with Gasteiger partial charge in [0.2, 0.25) is 5.76 Å². The molecule has 2 aromatic heterocycles. The van der Waals surface area contributed by atoms with Gasteiger partial charge in [-0.3, -0.25) is 14.5 Å². The molecule has 0 unspecified atom stereocenters. The lowest BCUT2D eigenvalue weighted by Gasteiger charge is -2.25. The van der Waals surface area contributed by atoms with Crippen molar-refractivity contribution in [1.29, 1.82) is 0 Å². The van der Waals surface area contributed by atoms with Crippen LogP contribution in [0.2, 0.25) is 0 Å². The Labute approximate surface area is 196 Å². The molecule has 7 heteroatoms. The molecule has 0 aliphatic carbocycles. The van der Waals surface area contributed by atoms with Gasteiger partial charge in [0.15, 0.2) is 16.9 Å². The number of pyridine rings is 1. The number of amides is 1. The van der Waals surface area contributed by atoms with Crippen LogP contribution in [0.15, 0.2) is 57.9 Å². The molecule has 0 bridgehead atoms. The number of aryl methyl sites for hydroxylation is 3. The van der Waals surface area contributed by atoms with Crippen molar-refractivity contribution in [1.82, 2.24) is 4.98 Å². The second-order valence-corrected chi connectivity index (χ2v) is 8.49. The Kier molecular flexibility index (Phi) is 5.12. The fourth-order valence-corrected chi connectivity index (χ4v) is 4.45. The summed E-state index contributed by atoms with van der Waals surface area (Å²) >= 11 is 0.